The van der Waals surface area contributed by atoms with Crippen LogP contribution >= 0.6 is 0 Å². The zero-order chi connectivity index (χ0) is 22.6. The topological polar surface area (TPSA) is 80.3 Å². The molecule has 176 valence electrons. The lowest BCUT2D eigenvalue weighted by molar-refractivity contribution is -0.217. The van der Waals surface area contributed by atoms with E-state index in [0.717, 1.165) is 37.7 Å². The fourth-order valence-electron chi connectivity index (χ4n) is 6.70. The molecule has 7 nitrogen and oxygen atoms in total. The smallest absolute Gasteiger partial charge is 0.184 e. The second-order valence-electron chi connectivity index (χ2n) is 10.2. The van der Waals surface area contributed by atoms with Gasteiger partial charge in [0, 0.05) is 37.2 Å². The number of carbonyl (C=O) groups excluding carboxylic acids is 2. The standard InChI is InChI=1S/C13H18O4.C12H16O3/c1-12-8-11(15-2)10(14)7-9(12)3-4-13(12)16-5-6-17-13;1-11-4-3-10(13)8-9(11)2-5-12(11)14-6-7-15-12/h7,11H,3-6,8H2,1-2H3;8H,2-7H2,1H3/t11?,12-;11-/m00/s1. The maximum Gasteiger partial charge on any atom is 0.184 e. The summed E-state index contributed by atoms with van der Waals surface area (Å²) in [5.74, 6) is -0.594. The minimum atomic E-state index is -0.518. The first-order chi connectivity index (χ1) is 15.3. The van der Waals surface area contributed by atoms with Gasteiger partial charge in [0.1, 0.15) is 6.10 Å². The molecule has 0 aromatic rings. The van der Waals surface area contributed by atoms with Crippen LogP contribution in [0.2, 0.25) is 0 Å². The van der Waals surface area contributed by atoms with Gasteiger partial charge in [0.2, 0.25) is 0 Å². The average Bonchev–Trinajstić information content (AvgIpc) is 3.55. The fraction of sp³-hybridized carbons (Fsp3) is 0.760. The van der Waals surface area contributed by atoms with Crippen LogP contribution in [-0.4, -0.2) is 62.8 Å². The van der Waals surface area contributed by atoms with Gasteiger partial charge in [-0.25, -0.2) is 0 Å². The Morgan fingerprint density at radius 2 is 1.31 bits per heavy atom. The van der Waals surface area contributed by atoms with Crippen molar-refractivity contribution in [3.8, 4) is 0 Å². The number of carbonyl (C=O) groups is 2. The Balaban J connectivity index is 0.000000136. The lowest BCUT2D eigenvalue weighted by atomic mass is 9.71. The van der Waals surface area contributed by atoms with Crippen LogP contribution in [0.1, 0.15) is 58.8 Å². The van der Waals surface area contributed by atoms with Crippen molar-refractivity contribution in [2.45, 2.75) is 76.5 Å². The zero-order valence-electron chi connectivity index (χ0n) is 19.4. The maximum atomic E-state index is 11.8. The van der Waals surface area contributed by atoms with E-state index >= 15 is 0 Å². The third kappa shape index (κ3) is 3.12. The molecule has 0 radical (unpaired) electrons. The van der Waals surface area contributed by atoms with Crippen molar-refractivity contribution in [2.24, 2.45) is 10.8 Å². The summed E-state index contributed by atoms with van der Waals surface area (Å²) in [5.41, 5.74) is 2.13. The Labute approximate surface area is 189 Å². The first-order valence-corrected chi connectivity index (χ1v) is 11.8. The molecule has 32 heavy (non-hydrogen) atoms. The molecule has 2 aliphatic heterocycles. The lowest BCUT2D eigenvalue weighted by Crippen LogP contribution is -2.49. The zero-order valence-corrected chi connectivity index (χ0v) is 19.4. The van der Waals surface area contributed by atoms with E-state index in [4.69, 9.17) is 23.7 Å². The Kier molecular flexibility index (Phi) is 5.49. The Morgan fingerprint density at radius 3 is 1.88 bits per heavy atom. The fourth-order valence-corrected chi connectivity index (χ4v) is 6.70. The second-order valence-corrected chi connectivity index (χ2v) is 10.2. The van der Waals surface area contributed by atoms with Crippen molar-refractivity contribution >= 4 is 11.6 Å². The summed E-state index contributed by atoms with van der Waals surface area (Å²) < 4.78 is 28.7. The monoisotopic (exact) mass is 446 g/mol. The first-order valence-electron chi connectivity index (χ1n) is 11.8. The van der Waals surface area contributed by atoms with E-state index in [9.17, 15) is 9.59 Å². The molecule has 2 heterocycles. The van der Waals surface area contributed by atoms with E-state index < -0.39 is 11.6 Å². The largest absolute Gasteiger partial charge is 0.373 e. The van der Waals surface area contributed by atoms with Crippen LogP contribution in [0.4, 0.5) is 0 Å². The number of ketones is 2. The van der Waals surface area contributed by atoms with Gasteiger partial charge in [0.05, 0.1) is 26.4 Å². The van der Waals surface area contributed by atoms with E-state index in [1.165, 1.54) is 5.57 Å². The van der Waals surface area contributed by atoms with Crippen molar-refractivity contribution in [3.05, 3.63) is 23.3 Å². The van der Waals surface area contributed by atoms with E-state index in [1.807, 2.05) is 6.08 Å². The number of hydrogen-bond donors (Lipinski definition) is 0. The number of rotatable bonds is 1. The summed E-state index contributed by atoms with van der Waals surface area (Å²) in [4.78, 5) is 23.2. The molecule has 2 spiro atoms. The van der Waals surface area contributed by atoms with Crippen molar-refractivity contribution in [1.82, 2.24) is 0 Å². The highest BCUT2D eigenvalue weighted by Crippen LogP contribution is 2.59. The normalized spacial score (nSPS) is 38.9. The maximum absolute atomic E-state index is 11.8. The van der Waals surface area contributed by atoms with Crippen molar-refractivity contribution in [2.75, 3.05) is 33.5 Å². The highest BCUT2D eigenvalue weighted by Gasteiger charge is 2.61. The molecule has 6 rings (SSSR count). The molecule has 3 atom stereocenters. The molecule has 7 heteroatoms. The highest BCUT2D eigenvalue weighted by molar-refractivity contribution is 5.95. The molecule has 0 N–H and O–H groups in total. The second kappa shape index (κ2) is 7.84. The first kappa shape index (κ1) is 22.4. The van der Waals surface area contributed by atoms with E-state index in [0.29, 0.717) is 39.3 Å². The Bertz CT molecular complexity index is 862. The average molecular weight is 447 g/mol. The van der Waals surface area contributed by atoms with E-state index in [1.54, 1.807) is 13.2 Å². The molecule has 4 fully saturated rings. The molecular formula is C25H34O7. The quantitative estimate of drug-likeness (QED) is 0.612. The van der Waals surface area contributed by atoms with Crippen LogP contribution in [-0.2, 0) is 33.3 Å². The summed E-state index contributed by atoms with van der Waals surface area (Å²) in [7, 11) is 1.59. The number of methoxy groups -OCH3 is 1. The van der Waals surface area contributed by atoms with Gasteiger partial charge in [-0.2, -0.15) is 0 Å². The Morgan fingerprint density at radius 1 is 0.781 bits per heavy atom. The van der Waals surface area contributed by atoms with Crippen LogP contribution in [0, 0.1) is 10.8 Å². The predicted octanol–water partition coefficient (Wildman–Crippen LogP) is 3.26. The van der Waals surface area contributed by atoms with Crippen LogP contribution in [0.5, 0.6) is 0 Å². The number of allylic oxidation sites excluding steroid dienone is 1. The van der Waals surface area contributed by atoms with Crippen molar-refractivity contribution in [3.63, 3.8) is 0 Å². The molecule has 4 aliphatic carbocycles. The van der Waals surface area contributed by atoms with E-state index in [-0.39, 0.29) is 28.5 Å². The molecule has 0 amide bonds. The van der Waals surface area contributed by atoms with Gasteiger partial charge in [-0.15, -0.1) is 0 Å². The number of hydrogen-bond acceptors (Lipinski definition) is 7. The molecule has 0 aromatic carbocycles. The van der Waals surface area contributed by atoms with Crippen molar-refractivity contribution in [1.29, 1.82) is 0 Å². The van der Waals surface area contributed by atoms with Crippen molar-refractivity contribution < 1.29 is 33.3 Å². The van der Waals surface area contributed by atoms with E-state index in [2.05, 4.69) is 13.8 Å². The van der Waals surface area contributed by atoms with Crippen LogP contribution in [0.3, 0.4) is 0 Å². The summed E-state index contributed by atoms with van der Waals surface area (Å²) >= 11 is 0. The predicted molar refractivity (Wildman–Crippen MR) is 115 cm³/mol. The summed E-state index contributed by atoms with van der Waals surface area (Å²) in [6.45, 7) is 7.00. The van der Waals surface area contributed by atoms with Gasteiger partial charge in [0.25, 0.3) is 0 Å². The summed E-state index contributed by atoms with van der Waals surface area (Å²) in [5, 5.41) is 0. The minimum Gasteiger partial charge on any atom is -0.373 e. The molecule has 0 bridgehead atoms. The van der Waals surface area contributed by atoms with Gasteiger partial charge >= 0.3 is 0 Å². The van der Waals surface area contributed by atoms with Gasteiger partial charge < -0.3 is 23.7 Å². The third-order valence-electron chi connectivity index (χ3n) is 8.77. The third-order valence-corrected chi connectivity index (χ3v) is 8.77. The van der Waals surface area contributed by atoms with Crippen LogP contribution in [0.15, 0.2) is 23.3 Å². The van der Waals surface area contributed by atoms with Gasteiger partial charge in [-0.3, -0.25) is 9.59 Å². The molecular weight excluding hydrogens is 412 g/mol. The molecule has 0 aromatic heterocycles. The molecule has 2 saturated carbocycles. The summed E-state index contributed by atoms with van der Waals surface area (Å²) in [6, 6.07) is 0. The lowest BCUT2D eigenvalue weighted by Gasteiger charge is -2.43. The Hall–Kier alpha value is -1.38. The van der Waals surface area contributed by atoms with Gasteiger partial charge in [0.15, 0.2) is 23.1 Å². The van der Waals surface area contributed by atoms with Gasteiger partial charge in [-0.05, 0) is 37.8 Å². The highest BCUT2D eigenvalue weighted by atomic mass is 16.7. The number of fused-ring (bicyclic) bond motifs is 4. The van der Waals surface area contributed by atoms with Gasteiger partial charge in [-0.1, -0.05) is 25.0 Å². The van der Waals surface area contributed by atoms with Crippen LogP contribution in [0.25, 0.3) is 0 Å². The SMILES string of the molecule is COC1C[C@@]2(C)C(=CC1=O)CCC21OCCO1.C[C@]12CCC(=O)C=C1CCC21OCCO1. The minimum absolute atomic E-state index is 0.0581. The summed E-state index contributed by atoms with van der Waals surface area (Å²) in [6.07, 6.45) is 8.97. The number of ether oxygens (including phenoxy) is 5. The van der Waals surface area contributed by atoms with Crippen LogP contribution < -0.4 is 0 Å². The molecule has 1 unspecified atom stereocenters. The molecule has 6 aliphatic rings. The molecule has 2 saturated heterocycles.